The maximum Gasteiger partial charge on any atom is 0.261 e. The molecule has 0 atom stereocenters. The van der Waals surface area contributed by atoms with Crippen LogP contribution in [0.4, 0.5) is 5.69 Å². The zero-order valence-corrected chi connectivity index (χ0v) is 15.6. The summed E-state index contributed by atoms with van der Waals surface area (Å²) in [4.78, 5) is 4.37. The van der Waals surface area contributed by atoms with E-state index in [1.54, 1.807) is 18.5 Å². The highest BCUT2D eigenvalue weighted by molar-refractivity contribution is 7.92. The minimum Gasteiger partial charge on any atom is -0.508 e. The van der Waals surface area contributed by atoms with Crippen LogP contribution in [-0.4, -0.2) is 35.8 Å². The number of hydrogen-bond donors (Lipinski definition) is 3. The standard InChI is InChI=1S/C19H16N4O4S/c1-27-18-7-6-16(28(25,26)23-14-2-4-15(24)5-3-14)9-17(18)12-8-13-11-21-22-19(13)20-10-12/h2-11,23-24H,1H3,(H,20,21,22). The van der Waals surface area contributed by atoms with Gasteiger partial charge in [-0.1, -0.05) is 0 Å². The van der Waals surface area contributed by atoms with Gasteiger partial charge in [0, 0.05) is 28.4 Å². The van der Waals surface area contributed by atoms with Crippen molar-refractivity contribution in [1.29, 1.82) is 0 Å². The van der Waals surface area contributed by atoms with Gasteiger partial charge >= 0.3 is 0 Å². The van der Waals surface area contributed by atoms with Crippen LogP contribution < -0.4 is 9.46 Å². The first-order valence-corrected chi connectivity index (χ1v) is 9.74. The van der Waals surface area contributed by atoms with Gasteiger partial charge in [0.25, 0.3) is 10.0 Å². The predicted octanol–water partition coefficient (Wildman–Crippen LogP) is 3.14. The zero-order valence-electron chi connectivity index (χ0n) is 14.7. The molecule has 142 valence electrons. The molecule has 4 aromatic rings. The van der Waals surface area contributed by atoms with E-state index in [1.165, 1.54) is 43.5 Å². The second-order valence-electron chi connectivity index (χ2n) is 6.05. The molecule has 2 aromatic carbocycles. The average molecular weight is 396 g/mol. The van der Waals surface area contributed by atoms with Gasteiger partial charge in [-0.05, 0) is 48.5 Å². The van der Waals surface area contributed by atoms with Gasteiger partial charge in [-0.2, -0.15) is 5.10 Å². The molecule has 0 amide bonds. The number of phenols is 1. The summed E-state index contributed by atoms with van der Waals surface area (Å²) in [7, 11) is -2.32. The second kappa shape index (κ2) is 6.86. The number of methoxy groups -OCH3 is 1. The van der Waals surface area contributed by atoms with Crippen molar-refractivity contribution in [3.05, 3.63) is 60.9 Å². The maximum atomic E-state index is 12.8. The minimum atomic E-state index is -3.84. The molecule has 4 rings (SSSR count). The summed E-state index contributed by atoms with van der Waals surface area (Å²) in [5.41, 5.74) is 2.27. The van der Waals surface area contributed by atoms with E-state index >= 15 is 0 Å². The van der Waals surface area contributed by atoms with Gasteiger partial charge in [-0.25, -0.2) is 13.4 Å². The number of sulfonamides is 1. The van der Waals surface area contributed by atoms with Crippen molar-refractivity contribution >= 4 is 26.7 Å². The molecule has 0 spiro atoms. The molecule has 2 heterocycles. The molecule has 0 bridgehead atoms. The summed E-state index contributed by atoms with van der Waals surface area (Å²) in [5.74, 6) is 0.574. The van der Waals surface area contributed by atoms with Crippen molar-refractivity contribution < 1.29 is 18.3 Å². The van der Waals surface area contributed by atoms with E-state index in [-0.39, 0.29) is 10.6 Å². The van der Waals surface area contributed by atoms with Crippen molar-refractivity contribution in [2.24, 2.45) is 0 Å². The lowest BCUT2D eigenvalue weighted by Crippen LogP contribution is -2.13. The van der Waals surface area contributed by atoms with Gasteiger partial charge in [-0.3, -0.25) is 9.82 Å². The Bertz CT molecular complexity index is 1250. The number of anilines is 1. The summed E-state index contributed by atoms with van der Waals surface area (Å²) in [6.07, 6.45) is 3.27. The number of fused-ring (bicyclic) bond motifs is 1. The monoisotopic (exact) mass is 396 g/mol. The highest BCUT2D eigenvalue weighted by Crippen LogP contribution is 2.33. The van der Waals surface area contributed by atoms with Gasteiger partial charge in [0.15, 0.2) is 5.65 Å². The number of ether oxygens (including phenoxy) is 1. The lowest BCUT2D eigenvalue weighted by molar-refractivity contribution is 0.416. The number of phenolic OH excluding ortho intramolecular Hbond substituents is 1. The zero-order chi connectivity index (χ0) is 19.7. The fourth-order valence-electron chi connectivity index (χ4n) is 2.81. The van der Waals surface area contributed by atoms with Crippen LogP contribution in [-0.2, 0) is 10.0 Å². The SMILES string of the molecule is COc1ccc(S(=O)(=O)Nc2ccc(O)cc2)cc1-c1cnc2[nH]ncc2c1. The minimum absolute atomic E-state index is 0.0526. The van der Waals surface area contributed by atoms with Crippen LogP contribution in [0.1, 0.15) is 0 Å². The maximum absolute atomic E-state index is 12.8. The Morgan fingerprint density at radius 1 is 1.07 bits per heavy atom. The van der Waals surface area contributed by atoms with Crippen molar-refractivity contribution in [2.45, 2.75) is 4.90 Å². The van der Waals surface area contributed by atoms with Crippen molar-refractivity contribution in [2.75, 3.05) is 11.8 Å². The number of nitrogens with one attached hydrogen (secondary N) is 2. The third kappa shape index (κ3) is 3.35. The Kier molecular flexibility index (Phi) is 4.36. The van der Waals surface area contributed by atoms with E-state index in [0.29, 0.717) is 28.2 Å². The van der Waals surface area contributed by atoms with E-state index in [1.807, 2.05) is 6.07 Å². The summed E-state index contributed by atoms with van der Waals surface area (Å²) in [6, 6.07) is 12.2. The lowest BCUT2D eigenvalue weighted by Gasteiger charge is -2.13. The molecule has 9 heteroatoms. The van der Waals surface area contributed by atoms with E-state index < -0.39 is 10.0 Å². The molecule has 28 heavy (non-hydrogen) atoms. The van der Waals surface area contributed by atoms with Gasteiger partial charge in [0.2, 0.25) is 0 Å². The lowest BCUT2D eigenvalue weighted by atomic mass is 10.1. The summed E-state index contributed by atoms with van der Waals surface area (Å²) >= 11 is 0. The third-order valence-electron chi connectivity index (χ3n) is 4.20. The second-order valence-corrected chi connectivity index (χ2v) is 7.73. The van der Waals surface area contributed by atoms with Crippen LogP contribution in [0.15, 0.2) is 65.8 Å². The highest BCUT2D eigenvalue weighted by atomic mass is 32.2. The number of aromatic nitrogens is 3. The Balaban J connectivity index is 1.76. The Morgan fingerprint density at radius 3 is 2.61 bits per heavy atom. The van der Waals surface area contributed by atoms with Gasteiger partial charge in [-0.15, -0.1) is 0 Å². The van der Waals surface area contributed by atoms with Crippen molar-refractivity contribution in [3.8, 4) is 22.6 Å². The molecule has 0 radical (unpaired) electrons. The van der Waals surface area contributed by atoms with Crippen LogP contribution >= 0.6 is 0 Å². The topological polar surface area (TPSA) is 117 Å². The van der Waals surface area contributed by atoms with E-state index in [2.05, 4.69) is 19.9 Å². The quantitative estimate of drug-likeness (QED) is 0.446. The Hall–Kier alpha value is -3.59. The van der Waals surface area contributed by atoms with Gasteiger partial charge in [0.05, 0.1) is 18.2 Å². The van der Waals surface area contributed by atoms with Crippen molar-refractivity contribution in [1.82, 2.24) is 15.2 Å². The molecule has 0 aliphatic carbocycles. The van der Waals surface area contributed by atoms with E-state index in [0.717, 1.165) is 5.39 Å². The predicted molar refractivity (Wildman–Crippen MR) is 105 cm³/mol. The number of pyridine rings is 1. The first-order chi connectivity index (χ1) is 13.5. The molecule has 0 aliphatic heterocycles. The molecule has 3 N–H and O–H groups in total. The normalized spacial score (nSPS) is 11.5. The third-order valence-corrected chi connectivity index (χ3v) is 5.58. The van der Waals surface area contributed by atoms with Gasteiger partial charge in [0.1, 0.15) is 11.5 Å². The van der Waals surface area contributed by atoms with E-state index in [9.17, 15) is 13.5 Å². The molecular formula is C19H16N4O4S. The number of aromatic hydroxyl groups is 1. The average Bonchev–Trinajstić information content (AvgIpc) is 3.17. The molecule has 2 aromatic heterocycles. The summed E-state index contributed by atoms with van der Waals surface area (Å²) < 4.78 is 33.5. The molecular weight excluding hydrogens is 380 g/mol. The fourth-order valence-corrected chi connectivity index (χ4v) is 3.89. The van der Waals surface area contributed by atoms with Crippen LogP contribution in [0.5, 0.6) is 11.5 Å². The molecule has 0 unspecified atom stereocenters. The molecule has 0 fully saturated rings. The molecule has 8 nitrogen and oxygen atoms in total. The number of hydrogen-bond acceptors (Lipinski definition) is 6. The fraction of sp³-hybridized carbons (Fsp3) is 0.0526. The number of benzene rings is 2. The number of H-pyrrole nitrogens is 1. The van der Waals surface area contributed by atoms with Crippen LogP contribution in [0.2, 0.25) is 0 Å². The molecule has 0 aliphatic rings. The van der Waals surface area contributed by atoms with E-state index in [4.69, 9.17) is 4.74 Å². The number of nitrogens with zero attached hydrogens (tertiary/aromatic N) is 2. The number of aromatic amines is 1. The van der Waals surface area contributed by atoms with Crippen molar-refractivity contribution in [3.63, 3.8) is 0 Å². The molecule has 0 saturated heterocycles. The summed E-state index contributed by atoms with van der Waals surface area (Å²) in [5, 5.41) is 16.9. The van der Waals surface area contributed by atoms with Gasteiger partial charge < -0.3 is 9.84 Å². The smallest absolute Gasteiger partial charge is 0.261 e. The Morgan fingerprint density at radius 2 is 1.86 bits per heavy atom. The highest BCUT2D eigenvalue weighted by Gasteiger charge is 2.18. The largest absolute Gasteiger partial charge is 0.508 e. The first kappa shape index (κ1) is 17.8. The Labute approximate surface area is 160 Å². The first-order valence-electron chi connectivity index (χ1n) is 8.26. The molecule has 0 saturated carbocycles. The van der Waals surface area contributed by atoms with Crippen LogP contribution in [0.3, 0.4) is 0 Å². The van der Waals surface area contributed by atoms with Crippen LogP contribution in [0.25, 0.3) is 22.2 Å². The van der Waals surface area contributed by atoms with Crippen LogP contribution in [0, 0.1) is 0 Å². The number of rotatable bonds is 5. The summed E-state index contributed by atoms with van der Waals surface area (Å²) in [6.45, 7) is 0.